The van der Waals surface area contributed by atoms with Gasteiger partial charge in [0.25, 0.3) is 0 Å². The summed E-state index contributed by atoms with van der Waals surface area (Å²) in [5, 5.41) is 3.34. The van der Waals surface area contributed by atoms with E-state index in [9.17, 15) is 4.39 Å². The molecule has 2 aromatic rings. The van der Waals surface area contributed by atoms with Crippen LogP contribution >= 0.6 is 0 Å². The Labute approximate surface area is 179 Å². The maximum absolute atomic E-state index is 13.2. The zero-order valence-corrected chi connectivity index (χ0v) is 18.3. The Morgan fingerprint density at radius 3 is 2.50 bits per heavy atom. The molecule has 1 aliphatic rings. The average molecular weight is 413 g/mol. The van der Waals surface area contributed by atoms with E-state index in [1.54, 1.807) is 0 Å². The molecular weight excluding hydrogens is 379 g/mol. The summed E-state index contributed by atoms with van der Waals surface area (Å²) in [6, 6.07) is 10.8. The standard InChI is InChI=1S/C23H33FN6/c1-4-25-23(28(3)18-19-6-8-21(24)9-7-19)27-17-20-10-11-26-22(16-20)30-14-12-29(5-2)13-15-30/h6-11,16H,4-5,12-15,17-18H2,1-3H3,(H,25,27). The number of pyridine rings is 1. The van der Waals surface area contributed by atoms with Crippen LogP contribution in [0, 0.1) is 5.82 Å². The molecule has 0 unspecified atom stereocenters. The highest BCUT2D eigenvalue weighted by atomic mass is 19.1. The summed E-state index contributed by atoms with van der Waals surface area (Å²) in [5.41, 5.74) is 2.19. The number of hydrogen-bond donors (Lipinski definition) is 1. The summed E-state index contributed by atoms with van der Waals surface area (Å²) in [7, 11) is 2.00. The first-order valence-corrected chi connectivity index (χ1v) is 10.7. The van der Waals surface area contributed by atoms with Crippen LogP contribution in [0.15, 0.2) is 47.6 Å². The van der Waals surface area contributed by atoms with Crippen LogP contribution < -0.4 is 10.2 Å². The number of guanidine groups is 1. The topological polar surface area (TPSA) is 47.0 Å². The Hall–Kier alpha value is -2.67. The van der Waals surface area contributed by atoms with Crippen molar-refractivity contribution in [2.24, 2.45) is 4.99 Å². The van der Waals surface area contributed by atoms with Crippen LogP contribution in [0.1, 0.15) is 25.0 Å². The number of aromatic nitrogens is 1. The molecule has 30 heavy (non-hydrogen) atoms. The second-order valence-corrected chi connectivity index (χ2v) is 7.60. The van der Waals surface area contributed by atoms with Crippen molar-refractivity contribution < 1.29 is 4.39 Å². The van der Waals surface area contributed by atoms with Crippen molar-refractivity contribution in [1.29, 1.82) is 0 Å². The fourth-order valence-electron chi connectivity index (χ4n) is 3.60. The molecule has 0 saturated carbocycles. The van der Waals surface area contributed by atoms with Gasteiger partial charge in [0, 0.05) is 52.5 Å². The Bertz CT molecular complexity index is 815. The minimum Gasteiger partial charge on any atom is -0.357 e. The van der Waals surface area contributed by atoms with Gasteiger partial charge < -0.3 is 20.0 Å². The van der Waals surface area contributed by atoms with Crippen LogP contribution in [-0.2, 0) is 13.1 Å². The number of nitrogens with zero attached hydrogens (tertiary/aromatic N) is 5. The van der Waals surface area contributed by atoms with E-state index in [1.807, 2.05) is 31.4 Å². The van der Waals surface area contributed by atoms with Crippen molar-refractivity contribution in [1.82, 2.24) is 20.1 Å². The first-order valence-electron chi connectivity index (χ1n) is 10.7. The van der Waals surface area contributed by atoms with Crippen LogP contribution in [0.3, 0.4) is 0 Å². The van der Waals surface area contributed by atoms with E-state index in [-0.39, 0.29) is 5.82 Å². The molecular formula is C23H33FN6. The Kier molecular flexibility index (Phi) is 8.02. The van der Waals surface area contributed by atoms with Crippen molar-refractivity contribution in [3.8, 4) is 0 Å². The molecule has 0 bridgehead atoms. The van der Waals surface area contributed by atoms with Crippen LogP contribution in [0.2, 0.25) is 0 Å². The Morgan fingerprint density at radius 1 is 1.10 bits per heavy atom. The summed E-state index contributed by atoms with van der Waals surface area (Å²) in [5.74, 6) is 1.64. The summed E-state index contributed by atoms with van der Waals surface area (Å²) in [6.45, 7) is 11.6. The van der Waals surface area contributed by atoms with E-state index in [2.05, 4.69) is 44.9 Å². The van der Waals surface area contributed by atoms with Crippen LogP contribution in [0.25, 0.3) is 0 Å². The highest BCUT2D eigenvalue weighted by Gasteiger charge is 2.17. The lowest BCUT2D eigenvalue weighted by Crippen LogP contribution is -2.46. The second kappa shape index (κ2) is 10.9. The molecule has 1 aromatic carbocycles. The van der Waals surface area contributed by atoms with E-state index in [0.29, 0.717) is 13.1 Å². The monoisotopic (exact) mass is 412 g/mol. The summed E-state index contributed by atoms with van der Waals surface area (Å²) >= 11 is 0. The molecule has 1 N–H and O–H groups in total. The molecule has 1 fully saturated rings. The Balaban J connectivity index is 1.64. The predicted molar refractivity (Wildman–Crippen MR) is 121 cm³/mol. The number of piperazine rings is 1. The number of rotatable bonds is 7. The van der Waals surface area contributed by atoms with E-state index in [0.717, 1.165) is 62.2 Å². The zero-order chi connectivity index (χ0) is 21.3. The molecule has 0 radical (unpaired) electrons. The molecule has 162 valence electrons. The van der Waals surface area contributed by atoms with Crippen molar-refractivity contribution in [3.05, 3.63) is 59.5 Å². The molecule has 1 aliphatic heterocycles. The van der Waals surface area contributed by atoms with Gasteiger partial charge in [-0.25, -0.2) is 14.4 Å². The largest absolute Gasteiger partial charge is 0.357 e. The minimum atomic E-state index is -0.216. The van der Waals surface area contributed by atoms with Gasteiger partial charge in [0.2, 0.25) is 0 Å². The average Bonchev–Trinajstić information content (AvgIpc) is 2.78. The zero-order valence-electron chi connectivity index (χ0n) is 18.3. The predicted octanol–water partition coefficient (Wildman–Crippen LogP) is 2.96. The molecule has 0 aliphatic carbocycles. The smallest absolute Gasteiger partial charge is 0.194 e. The normalized spacial score (nSPS) is 15.3. The maximum atomic E-state index is 13.2. The number of aliphatic imine (C=N–C) groups is 1. The van der Waals surface area contributed by atoms with E-state index >= 15 is 0 Å². The highest BCUT2D eigenvalue weighted by Crippen LogP contribution is 2.16. The fourth-order valence-corrected chi connectivity index (χ4v) is 3.60. The van der Waals surface area contributed by atoms with Gasteiger partial charge in [0.05, 0.1) is 6.54 Å². The van der Waals surface area contributed by atoms with Crippen molar-refractivity contribution >= 4 is 11.8 Å². The van der Waals surface area contributed by atoms with E-state index in [4.69, 9.17) is 4.99 Å². The molecule has 0 atom stereocenters. The number of anilines is 1. The Morgan fingerprint density at radius 2 is 1.83 bits per heavy atom. The molecule has 1 aromatic heterocycles. The van der Waals surface area contributed by atoms with E-state index < -0.39 is 0 Å². The third-order valence-corrected chi connectivity index (χ3v) is 5.39. The van der Waals surface area contributed by atoms with Gasteiger partial charge in [0.15, 0.2) is 5.96 Å². The SMILES string of the molecule is CCNC(=NCc1ccnc(N2CCN(CC)CC2)c1)N(C)Cc1ccc(F)cc1. The third-order valence-electron chi connectivity index (χ3n) is 5.39. The lowest BCUT2D eigenvalue weighted by atomic mass is 10.2. The number of benzene rings is 1. The second-order valence-electron chi connectivity index (χ2n) is 7.60. The lowest BCUT2D eigenvalue weighted by molar-refractivity contribution is 0.270. The molecule has 7 heteroatoms. The molecule has 1 saturated heterocycles. The first-order chi connectivity index (χ1) is 14.6. The first kappa shape index (κ1) is 22.0. The van der Waals surface area contributed by atoms with Gasteiger partial charge in [-0.2, -0.15) is 0 Å². The quantitative estimate of drug-likeness (QED) is 0.560. The van der Waals surface area contributed by atoms with Gasteiger partial charge in [0.1, 0.15) is 11.6 Å². The molecule has 0 amide bonds. The van der Waals surface area contributed by atoms with Gasteiger partial charge in [-0.3, -0.25) is 0 Å². The van der Waals surface area contributed by atoms with E-state index in [1.165, 1.54) is 12.1 Å². The van der Waals surface area contributed by atoms with Crippen LogP contribution in [0.4, 0.5) is 10.2 Å². The van der Waals surface area contributed by atoms with Gasteiger partial charge >= 0.3 is 0 Å². The molecule has 2 heterocycles. The molecule has 0 spiro atoms. The van der Waals surface area contributed by atoms with Crippen molar-refractivity contribution in [3.63, 3.8) is 0 Å². The summed E-state index contributed by atoms with van der Waals surface area (Å²) in [6.07, 6.45) is 1.88. The van der Waals surface area contributed by atoms with Crippen LogP contribution in [0.5, 0.6) is 0 Å². The number of halogens is 1. The summed E-state index contributed by atoms with van der Waals surface area (Å²) in [4.78, 5) is 16.3. The number of nitrogens with one attached hydrogen (secondary N) is 1. The maximum Gasteiger partial charge on any atom is 0.194 e. The third kappa shape index (κ3) is 6.16. The van der Waals surface area contributed by atoms with Crippen molar-refractivity contribution in [2.45, 2.75) is 26.9 Å². The van der Waals surface area contributed by atoms with Crippen LogP contribution in [-0.4, -0.2) is 67.1 Å². The lowest BCUT2D eigenvalue weighted by Gasteiger charge is -2.34. The van der Waals surface area contributed by atoms with Gasteiger partial charge in [-0.05, 0) is 48.9 Å². The minimum absolute atomic E-state index is 0.216. The van der Waals surface area contributed by atoms with Gasteiger partial charge in [-0.15, -0.1) is 0 Å². The molecule has 3 rings (SSSR count). The fraction of sp³-hybridized carbons (Fsp3) is 0.478. The van der Waals surface area contributed by atoms with Gasteiger partial charge in [-0.1, -0.05) is 19.1 Å². The summed E-state index contributed by atoms with van der Waals surface area (Å²) < 4.78 is 13.2. The highest BCUT2D eigenvalue weighted by molar-refractivity contribution is 5.79. The van der Waals surface area contributed by atoms with Crippen molar-refractivity contribution in [2.75, 3.05) is 51.2 Å². The number of hydrogen-bond acceptors (Lipinski definition) is 4. The number of likely N-dealkylation sites (N-methyl/N-ethyl adjacent to an activating group) is 1. The molecule has 6 nitrogen and oxygen atoms in total.